The fourth-order valence-corrected chi connectivity index (χ4v) is 0.851. The van der Waals surface area contributed by atoms with Gasteiger partial charge in [-0.2, -0.15) is 0 Å². The molecule has 12 heavy (non-hydrogen) atoms. The Morgan fingerprint density at radius 1 is 1.42 bits per heavy atom. The normalized spacial score (nSPS) is 14.1. The molecule has 71 valence electrons. The van der Waals surface area contributed by atoms with Crippen LogP contribution in [-0.4, -0.2) is 24.8 Å². The van der Waals surface area contributed by atoms with Gasteiger partial charge in [-0.15, -0.1) is 0 Å². The van der Waals surface area contributed by atoms with Gasteiger partial charge in [0.05, 0.1) is 25.2 Å². The Morgan fingerprint density at radius 3 is 2.25 bits per heavy atom. The van der Waals surface area contributed by atoms with E-state index < -0.39 is 0 Å². The highest BCUT2D eigenvalue weighted by Gasteiger charge is 2.18. The molecule has 1 radical (unpaired) electrons. The zero-order valence-electron chi connectivity index (χ0n) is 8.38. The van der Waals surface area contributed by atoms with Crippen molar-refractivity contribution in [3.05, 3.63) is 6.42 Å². The number of methoxy groups -OCH3 is 1. The van der Waals surface area contributed by atoms with Crippen molar-refractivity contribution < 1.29 is 14.3 Å². The van der Waals surface area contributed by atoms with Gasteiger partial charge in [0.2, 0.25) is 0 Å². The van der Waals surface area contributed by atoms with Crippen molar-refractivity contribution >= 4 is 5.97 Å². The van der Waals surface area contributed by atoms with Gasteiger partial charge in [0.1, 0.15) is 0 Å². The van der Waals surface area contributed by atoms with Crippen molar-refractivity contribution in [3.8, 4) is 0 Å². The number of esters is 1. The lowest BCUT2D eigenvalue weighted by molar-refractivity contribution is -0.139. The van der Waals surface area contributed by atoms with Crippen LogP contribution in [0.15, 0.2) is 0 Å². The Balaban J connectivity index is 3.74. The van der Waals surface area contributed by atoms with Gasteiger partial charge in [-0.25, -0.2) is 0 Å². The predicted octanol–water partition coefficient (Wildman–Crippen LogP) is 1.57. The van der Waals surface area contributed by atoms with Crippen LogP contribution in [-0.2, 0) is 14.3 Å². The quantitative estimate of drug-likeness (QED) is 0.608. The van der Waals surface area contributed by atoms with Gasteiger partial charge in [0.25, 0.3) is 0 Å². The van der Waals surface area contributed by atoms with Crippen molar-refractivity contribution in [2.24, 2.45) is 0 Å². The van der Waals surface area contributed by atoms with E-state index in [9.17, 15) is 4.79 Å². The Morgan fingerprint density at radius 2 is 1.92 bits per heavy atom. The van der Waals surface area contributed by atoms with Crippen LogP contribution < -0.4 is 0 Å². The Bertz CT molecular complexity index is 146. The third kappa shape index (κ3) is 6.16. The van der Waals surface area contributed by atoms with Gasteiger partial charge in [-0.1, -0.05) is 0 Å². The third-order valence-electron chi connectivity index (χ3n) is 1.11. The molecule has 1 atom stereocenters. The molecular formula is C9H17O3. The summed E-state index contributed by atoms with van der Waals surface area (Å²) in [5, 5.41) is 0. The van der Waals surface area contributed by atoms with Crippen LogP contribution in [0.2, 0.25) is 0 Å². The van der Waals surface area contributed by atoms with Gasteiger partial charge in [-0.05, 0) is 27.7 Å². The molecule has 0 saturated heterocycles. The van der Waals surface area contributed by atoms with E-state index in [1.165, 1.54) is 13.5 Å². The second-order valence-electron chi connectivity index (χ2n) is 3.63. The van der Waals surface area contributed by atoms with Crippen molar-refractivity contribution in [2.45, 2.75) is 39.4 Å². The highest BCUT2D eigenvalue weighted by Crippen LogP contribution is 2.12. The van der Waals surface area contributed by atoms with Crippen LogP contribution in [0.3, 0.4) is 0 Å². The van der Waals surface area contributed by atoms with E-state index >= 15 is 0 Å². The van der Waals surface area contributed by atoms with Crippen LogP contribution >= 0.6 is 0 Å². The minimum Gasteiger partial charge on any atom is -0.469 e. The molecule has 0 aliphatic rings. The monoisotopic (exact) mass is 173 g/mol. The first-order chi connectivity index (χ1) is 5.35. The second-order valence-corrected chi connectivity index (χ2v) is 3.63. The molecule has 0 bridgehead atoms. The molecule has 0 amide bonds. The first-order valence-electron chi connectivity index (χ1n) is 3.96. The van der Waals surface area contributed by atoms with Gasteiger partial charge in [-0.3, -0.25) is 4.79 Å². The number of ether oxygens (including phenoxy) is 2. The standard InChI is InChI=1S/C9H17O3/c1-7(6-8(10)11-5)12-9(2,3)4/h6-7H,1-5H3/t7-/m0/s1. The van der Waals surface area contributed by atoms with Crippen molar-refractivity contribution in [2.75, 3.05) is 7.11 Å². The zero-order chi connectivity index (χ0) is 9.78. The minimum atomic E-state index is -0.355. The maximum absolute atomic E-state index is 10.8. The number of carbonyl (C=O) groups is 1. The molecule has 3 nitrogen and oxygen atoms in total. The average Bonchev–Trinajstić information content (AvgIpc) is 1.82. The molecule has 0 saturated carbocycles. The van der Waals surface area contributed by atoms with E-state index in [-0.39, 0.29) is 17.7 Å². The molecule has 0 aliphatic carbocycles. The summed E-state index contributed by atoms with van der Waals surface area (Å²) in [6.07, 6.45) is 1.20. The Hall–Kier alpha value is -0.570. The van der Waals surface area contributed by atoms with Gasteiger partial charge in [0.15, 0.2) is 0 Å². The topological polar surface area (TPSA) is 35.5 Å². The molecule has 0 spiro atoms. The van der Waals surface area contributed by atoms with E-state index in [1.807, 2.05) is 27.7 Å². The van der Waals surface area contributed by atoms with Gasteiger partial charge >= 0.3 is 5.97 Å². The average molecular weight is 173 g/mol. The maximum Gasteiger partial charge on any atom is 0.312 e. The number of hydrogen-bond acceptors (Lipinski definition) is 3. The smallest absolute Gasteiger partial charge is 0.312 e. The lowest BCUT2D eigenvalue weighted by Crippen LogP contribution is -2.27. The molecule has 0 unspecified atom stereocenters. The van der Waals surface area contributed by atoms with Crippen molar-refractivity contribution in [3.63, 3.8) is 0 Å². The minimum absolute atomic E-state index is 0.211. The van der Waals surface area contributed by atoms with Crippen LogP contribution in [0.1, 0.15) is 27.7 Å². The molecule has 0 fully saturated rings. The van der Waals surface area contributed by atoms with Crippen molar-refractivity contribution in [1.29, 1.82) is 0 Å². The van der Waals surface area contributed by atoms with Gasteiger partial charge in [0, 0.05) is 0 Å². The largest absolute Gasteiger partial charge is 0.469 e. The van der Waals surface area contributed by atoms with E-state index in [0.29, 0.717) is 0 Å². The van der Waals surface area contributed by atoms with Crippen LogP contribution in [0.25, 0.3) is 0 Å². The lowest BCUT2D eigenvalue weighted by atomic mass is 10.1. The van der Waals surface area contributed by atoms with Crippen molar-refractivity contribution in [1.82, 2.24) is 0 Å². The summed E-state index contributed by atoms with van der Waals surface area (Å²) in [5.74, 6) is -0.355. The zero-order valence-corrected chi connectivity index (χ0v) is 8.38. The van der Waals surface area contributed by atoms with Crippen LogP contribution in [0, 0.1) is 6.42 Å². The van der Waals surface area contributed by atoms with E-state index in [4.69, 9.17) is 4.74 Å². The maximum atomic E-state index is 10.8. The summed E-state index contributed by atoms with van der Waals surface area (Å²) < 4.78 is 9.91. The third-order valence-corrected chi connectivity index (χ3v) is 1.11. The summed E-state index contributed by atoms with van der Waals surface area (Å²) in [6, 6.07) is 0. The number of hydrogen-bond donors (Lipinski definition) is 0. The molecule has 0 aromatic rings. The van der Waals surface area contributed by atoms with Gasteiger partial charge < -0.3 is 9.47 Å². The molecule has 0 heterocycles. The molecule has 0 N–H and O–H groups in total. The molecule has 0 aromatic heterocycles. The van der Waals surface area contributed by atoms with E-state index in [0.717, 1.165) is 0 Å². The highest BCUT2D eigenvalue weighted by atomic mass is 16.5. The molecule has 3 heteroatoms. The first-order valence-corrected chi connectivity index (χ1v) is 3.96. The fraction of sp³-hybridized carbons (Fsp3) is 0.778. The summed E-state index contributed by atoms with van der Waals surface area (Å²) in [5.41, 5.74) is -0.232. The number of rotatable bonds is 3. The second kappa shape index (κ2) is 4.45. The van der Waals surface area contributed by atoms with E-state index in [2.05, 4.69) is 4.74 Å². The first kappa shape index (κ1) is 11.4. The SMILES string of the molecule is COC(=O)[CH][C@H](C)OC(C)(C)C. The summed E-state index contributed by atoms with van der Waals surface area (Å²) in [6.45, 7) is 7.63. The highest BCUT2D eigenvalue weighted by molar-refractivity contribution is 5.79. The van der Waals surface area contributed by atoms with Crippen LogP contribution in [0.5, 0.6) is 0 Å². The van der Waals surface area contributed by atoms with Crippen LogP contribution in [0.4, 0.5) is 0 Å². The predicted molar refractivity (Wildman–Crippen MR) is 46.6 cm³/mol. The molecule has 0 aliphatic heterocycles. The van der Waals surface area contributed by atoms with E-state index in [1.54, 1.807) is 0 Å². The molecular weight excluding hydrogens is 156 g/mol. The summed E-state index contributed by atoms with van der Waals surface area (Å²) in [7, 11) is 1.35. The molecule has 0 aromatic carbocycles. The Kier molecular flexibility index (Phi) is 4.24. The summed E-state index contributed by atoms with van der Waals surface area (Å²) >= 11 is 0. The summed E-state index contributed by atoms with van der Waals surface area (Å²) in [4.78, 5) is 10.8. The lowest BCUT2D eigenvalue weighted by Gasteiger charge is -2.24. The Labute approximate surface area is 74.0 Å². The fourth-order valence-electron chi connectivity index (χ4n) is 0.851. The molecule has 0 rings (SSSR count). The number of carbonyl (C=O) groups excluding carboxylic acids is 1.